The molecule has 0 aliphatic heterocycles. The quantitative estimate of drug-likeness (QED) is 0.462. The minimum atomic E-state index is -3.75. The molecule has 0 aliphatic carbocycles. The molecule has 2 rings (SSSR count). The number of halogens is 1. The van der Waals surface area contributed by atoms with Gasteiger partial charge in [0.2, 0.25) is 10.0 Å². The maximum atomic E-state index is 12.5. The Morgan fingerprint density at radius 3 is 2.33 bits per heavy atom. The van der Waals surface area contributed by atoms with Gasteiger partial charge in [-0.25, -0.2) is 13.1 Å². The van der Waals surface area contributed by atoms with Crippen LogP contribution in [0.3, 0.4) is 0 Å². The Morgan fingerprint density at radius 2 is 1.67 bits per heavy atom. The molecular formula is C19H20ClNO5S. The first-order valence-corrected chi connectivity index (χ1v) is 10.3. The topological polar surface area (TPSA) is 101 Å². The Morgan fingerprint density at radius 1 is 0.963 bits per heavy atom. The van der Waals surface area contributed by atoms with E-state index in [4.69, 9.17) is 16.7 Å². The Bertz CT molecular complexity index is 910. The highest BCUT2D eigenvalue weighted by Gasteiger charge is 2.16. The van der Waals surface area contributed by atoms with Gasteiger partial charge in [0.05, 0.1) is 4.90 Å². The normalized spacial score (nSPS) is 11.3. The number of sulfonamides is 1. The number of hydrogen-bond donors (Lipinski definition) is 2. The van der Waals surface area contributed by atoms with E-state index in [9.17, 15) is 18.0 Å². The summed E-state index contributed by atoms with van der Waals surface area (Å²) in [7, 11) is -3.75. The number of hydrogen-bond acceptors (Lipinski definition) is 4. The van der Waals surface area contributed by atoms with Crippen LogP contribution in [0.4, 0.5) is 0 Å². The lowest BCUT2D eigenvalue weighted by atomic mass is 10.0. The third kappa shape index (κ3) is 6.46. The average Bonchev–Trinajstić information content (AvgIpc) is 2.64. The van der Waals surface area contributed by atoms with E-state index in [2.05, 4.69) is 4.72 Å². The van der Waals surface area contributed by atoms with Crippen LogP contribution in [0.2, 0.25) is 5.02 Å². The number of unbranched alkanes of at least 4 members (excludes halogenated alkanes) is 2. The zero-order chi connectivity index (χ0) is 19.9. The summed E-state index contributed by atoms with van der Waals surface area (Å²) in [6.45, 7) is 0.206. The highest BCUT2D eigenvalue weighted by Crippen LogP contribution is 2.17. The SMILES string of the molecule is O=C(O)CCCCCNS(=O)(=O)c1cccc(C(=O)c2ccc(Cl)cc2)c1. The highest BCUT2D eigenvalue weighted by atomic mass is 35.5. The van der Waals surface area contributed by atoms with Crippen molar-refractivity contribution in [3.8, 4) is 0 Å². The second kappa shape index (κ2) is 9.64. The van der Waals surface area contributed by atoms with Crippen LogP contribution in [-0.4, -0.2) is 31.8 Å². The molecule has 0 radical (unpaired) electrons. The monoisotopic (exact) mass is 409 g/mol. The number of nitrogens with one attached hydrogen (secondary N) is 1. The summed E-state index contributed by atoms with van der Waals surface area (Å²) < 4.78 is 27.3. The molecule has 144 valence electrons. The lowest BCUT2D eigenvalue weighted by Crippen LogP contribution is -2.25. The molecule has 0 aromatic heterocycles. The van der Waals surface area contributed by atoms with E-state index >= 15 is 0 Å². The molecule has 0 bridgehead atoms. The molecule has 0 fully saturated rings. The molecule has 0 saturated heterocycles. The van der Waals surface area contributed by atoms with Gasteiger partial charge in [-0.3, -0.25) is 9.59 Å². The minimum absolute atomic E-state index is 0.00727. The first-order valence-electron chi connectivity index (χ1n) is 8.41. The molecule has 0 heterocycles. The summed E-state index contributed by atoms with van der Waals surface area (Å²) in [4.78, 5) is 23.0. The standard InChI is InChI=1S/C19H20ClNO5S/c20-16-10-8-14(9-11-16)19(24)15-5-4-6-17(13-15)27(25,26)21-12-3-1-2-7-18(22)23/h4-6,8-11,13,21H,1-3,7,12H2,(H,22,23). The smallest absolute Gasteiger partial charge is 0.303 e. The zero-order valence-corrected chi connectivity index (χ0v) is 16.1. The second-order valence-corrected chi connectivity index (χ2v) is 8.17. The van der Waals surface area contributed by atoms with Gasteiger partial charge < -0.3 is 5.11 Å². The molecule has 0 unspecified atom stereocenters. The Hall–Kier alpha value is -2.22. The molecule has 0 amide bonds. The number of aliphatic carboxylic acids is 1. The zero-order valence-electron chi connectivity index (χ0n) is 14.5. The van der Waals surface area contributed by atoms with Crippen LogP contribution in [0.5, 0.6) is 0 Å². The Balaban J connectivity index is 2.01. The number of carboxylic acids is 1. The fourth-order valence-corrected chi connectivity index (χ4v) is 3.69. The highest BCUT2D eigenvalue weighted by molar-refractivity contribution is 7.89. The van der Waals surface area contributed by atoms with Crippen molar-refractivity contribution in [1.82, 2.24) is 4.72 Å². The lowest BCUT2D eigenvalue weighted by molar-refractivity contribution is -0.137. The van der Waals surface area contributed by atoms with E-state index in [0.717, 1.165) is 0 Å². The van der Waals surface area contributed by atoms with Crippen molar-refractivity contribution in [3.63, 3.8) is 0 Å². The second-order valence-electron chi connectivity index (χ2n) is 5.97. The molecule has 0 saturated carbocycles. The van der Waals surface area contributed by atoms with Gasteiger partial charge in [0.15, 0.2) is 5.78 Å². The minimum Gasteiger partial charge on any atom is -0.481 e. The van der Waals surface area contributed by atoms with Crippen LogP contribution in [0, 0.1) is 0 Å². The molecule has 2 N–H and O–H groups in total. The summed E-state index contributed by atoms with van der Waals surface area (Å²) in [5.74, 6) is -1.16. The number of rotatable bonds is 10. The fraction of sp³-hybridized carbons (Fsp3) is 0.263. The third-order valence-electron chi connectivity index (χ3n) is 3.87. The summed E-state index contributed by atoms with van der Waals surface area (Å²) in [5, 5.41) is 9.08. The van der Waals surface area contributed by atoms with Crippen LogP contribution in [-0.2, 0) is 14.8 Å². The fourth-order valence-electron chi connectivity index (χ4n) is 2.44. The Kier molecular flexibility index (Phi) is 7.53. The molecular weight excluding hydrogens is 390 g/mol. The van der Waals surface area contributed by atoms with Crippen LogP contribution in [0.1, 0.15) is 41.6 Å². The van der Waals surface area contributed by atoms with E-state index in [1.807, 2.05) is 0 Å². The molecule has 0 spiro atoms. The van der Waals surface area contributed by atoms with Gasteiger partial charge in [0, 0.05) is 29.1 Å². The molecule has 6 nitrogen and oxygen atoms in total. The lowest BCUT2D eigenvalue weighted by Gasteiger charge is -2.08. The number of carboxylic acid groups (broad SMARTS) is 1. The van der Waals surface area contributed by atoms with Crippen molar-refractivity contribution in [1.29, 1.82) is 0 Å². The van der Waals surface area contributed by atoms with Crippen molar-refractivity contribution < 1.29 is 23.1 Å². The van der Waals surface area contributed by atoms with E-state index < -0.39 is 16.0 Å². The van der Waals surface area contributed by atoms with E-state index in [0.29, 0.717) is 29.8 Å². The molecule has 0 aliphatic rings. The van der Waals surface area contributed by atoms with Crippen molar-refractivity contribution in [2.45, 2.75) is 30.6 Å². The van der Waals surface area contributed by atoms with Gasteiger partial charge >= 0.3 is 5.97 Å². The maximum absolute atomic E-state index is 12.5. The molecule has 2 aromatic carbocycles. The van der Waals surface area contributed by atoms with Gasteiger partial charge in [-0.1, -0.05) is 30.2 Å². The molecule has 2 aromatic rings. The van der Waals surface area contributed by atoms with Gasteiger partial charge in [0.1, 0.15) is 0 Å². The largest absolute Gasteiger partial charge is 0.481 e. The third-order valence-corrected chi connectivity index (χ3v) is 5.58. The summed E-state index contributed by atoms with van der Waals surface area (Å²) in [6, 6.07) is 12.2. The predicted octanol–water partition coefficient (Wildman–Crippen LogP) is 3.49. The first-order chi connectivity index (χ1) is 12.8. The number of ketones is 1. The summed E-state index contributed by atoms with van der Waals surface area (Å²) in [5.41, 5.74) is 0.682. The average molecular weight is 410 g/mol. The summed E-state index contributed by atoms with van der Waals surface area (Å²) >= 11 is 5.82. The van der Waals surface area contributed by atoms with Crippen LogP contribution in [0.25, 0.3) is 0 Å². The van der Waals surface area contributed by atoms with Crippen LogP contribution in [0.15, 0.2) is 53.4 Å². The number of carbonyl (C=O) groups excluding carboxylic acids is 1. The summed E-state index contributed by atoms with van der Waals surface area (Å²) in [6.07, 6.45) is 1.73. The van der Waals surface area contributed by atoms with Crippen molar-refractivity contribution in [2.75, 3.05) is 6.54 Å². The Labute approximate surface area is 163 Å². The van der Waals surface area contributed by atoms with Gasteiger partial charge in [-0.05, 0) is 49.2 Å². The van der Waals surface area contributed by atoms with Crippen LogP contribution >= 0.6 is 11.6 Å². The first kappa shape index (κ1) is 21.1. The van der Waals surface area contributed by atoms with Crippen molar-refractivity contribution in [3.05, 3.63) is 64.7 Å². The van der Waals surface area contributed by atoms with E-state index in [1.165, 1.54) is 18.2 Å². The molecule has 27 heavy (non-hydrogen) atoms. The van der Waals surface area contributed by atoms with Crippen molar-refractivity contribution >= 4 is 33.4 Å². The predicted molar refractivity (Wildman–Crippen MR) is 103 cm³/mol. The van der Waals surface area contributed by atoms with Gasteiger partial charge in [-0.15, -0.1) is 0 Å². The maximum Gasteiger partial charge on any atom is 0.303 e. The van der Waals surface area contributed by atoms with Crippen molar-refractivity contribution in [2.24, 2.45) is 0 Å². The van der Waals surface area contributed by atoms with Crippen LogP contribution < -0.4 is 4.72 Å². The van der Waals surface area contributed by atoms with E-state index in [1.54, 1.807) is 30.3 Å². The molecule has 0 atom stereocenters. The number of benzene rings is 2. The number of carbonyl (C=O) groups is 2. The van der Waals surface area contributed by atoms with E-state index in [-0.39, 0.29) is 29.2 Å². The van der Waals surface area contributed by atoms with Gasteiger partial charge in [-0.2, -0.15) is 0 Å². The molecule has 8 heteroatoms. The van der Waals surface area contributed by atoms with Gasteiger partial charge in [0.25, 0.3) is 0 Å².